The molecular weight excluding hydrogens is 974 g/mol. The van der Waals surface area contributed by atoms with Crippen molar-refractivity contribution >= 4 is 71.4 Å². The molecule has 0 unspecified atom stereocenters. The summed E-state index contributed by atoms with van der Waals surface area (Å²) in [5, 5.41) is 1.61. The molecule has 2 aliphatic heterocycles. The maximum absolute atomic E-state index is 6.76. The van der Waals surface area contributed by atoms with Crippen molar-refractivity contribution in [2.24, 2.45) is 0 Å². The number of ether oxygens (including phenoxy) is 1. The van der Waals surface area contributed by atoms with Gasteiger partial charge >= 0.3 is 21.4 Å². The van der Waals surface area contributed by atoms with Crippen molar-refractivity contribution < 1.29 is 39.5 Å². The van der Waals surface area contributed by atoms with E-state index in [-0.39, 0.29) is 42.5 Å². The molecule has 0 aliphatic carbocycles. The number of pyridine rings is 2. The van der Waals surface area contributed by atoms with E-state index in [4.69, 9.17) is 23.4 Å². The number of rotatable bonds is 6. The third-order valence-electron chi connectivity index (χ3n) is 11.7. The Kier molecular flexibility index (Phi) is 12.0. The normalized spacial score (nSPS) is 15.0. The van der Waals surface area contributed by atoms with Crippen LogP contribution in [0.15, 0.2) is 110 Å². The molecule has 0 N–H and O–H groups in total. The Morgan fingerprint density at radius 2 is 1.31 bits per heavy atom. The van der Waals surface area contributed by atoms with Crippen LogP contribution in [0.5, 0.6) is 11.5 Å². The zero-order valence-electron chi connectivity index (χ0n) is 38.9. The second kappa shape index (κ2) is 16.9. The molecule has 0 amide bonds. The number of aromatic nitrogens is 3. The molecule has 64 heavy (non-hydrogen) atoms. The quantitative estimate of drug-likeness (QED) is 0.120. The maximum Gasteiger partial charge on any atom is 0.468 e. The van der Waals surface area contributed by atoms with E-state index in [2.05, 4.69) is 206 Å². The van der Waals surface area contributed by atoms with Crippen LogP contribution < -0.4 is 20.0 Å². The maximum atomic E-state index is 6.76. The Labute approximate surface area is 394 Å². The van der Waals surface area contributed by atoms with Gasteiger partial charge in [0.05, 0.1) is 0 Å². The summed E-state index contributed by atoms with van der Waals surface area (Å²) in [6.07, 6.45) is 5.39. The van der Waals surface area contributed by atoms with Crippen molar-refractivity contribution in [3.05, 3.63) is 140 Å². The van der Waals surface area contributed by atoms with Gasteiger partial charge in [-0.15, -0.1) is 30.3 Å². The van der Waals surface area contributed by atoms with Crippen molar-refractivity contribution in [1.82, 2.24) is 14.5 Å². The first-order valence-electron chi connectivity index (χ1n) is 21.9. The fourth-order valence-electron chi connectivity index (χ4n) is 8.34. The van der Waals surface area contributed by atoms with E-state index in [9.17, 15) is 0 Å². The first-order chi connectivity index (χ1) is 29.8. The van der Waals surface area contributed by atoms with Crippen LogP contribution in [0.4, 0.5) is 22.7 Å². The van der Waals surface area contributed by atoms with Crippen LogP contribution in [-0.2, 0) is 45.6 Å². The fourth-order valence-corrected chi connectivity index (χ4v) is 8.34. The Bertz CT molecular complexity index is 2820. The van der Waals surface area contributed by atoms with Crippen molar-refractivity contribution in [1.29, 1.82) is 0 Å². The summed E-state index contributed by atoms with van der Waals surface area (Å²) in [5.74, 6) is 1.84. The van der Waals surface area contributed by atoms with E-state index in [1.54, 1.807) is 6.20 Å². The van der Waals surface area contributed by atoms with Gasteiger partial charge in [-0.1, -0.05) is 149 Å². The monoisotopic (exact) mass is 1030 g/mol. The second-order valence-corrected chi connectivity index (χ2v) is 20.9. The minimum atomic E-state index is -0.686. The molecule has 2 aliphatic rings. The molecule has 330 valence electrons. The van der Waals surface area contributed by atoms with E-state index in [1.807, 2.05) is 18.5 Å². The molecule has 0 bridgehead atoms. The van der Waals surface area contributed by atoms with Crippen LogP contribution in [-0.4, -0.2) is 35.9 Å². The van der Waals surface area contributed by atoms with Gasteiger partial charge in [-0.2, -0.15) is 6.07 Å². The van der Waals surface area contributed by atoms with E-state index in [1.165, 1.54) is 5.56 Å². The Hall–Kier alpha value is -4.86. The third-order valence-corrected chi connectivity index (χ3v) is 11.7. The Balaban J connectivity index is 0.00000560. The Morgan fingerprint density at radius 1 is 0.641 bits per heavy atom. The van der Waals surface area contributed by atoms with Gasteiger partial charge in [-0.25, -0.2) is 4.98 Å². The smallest absolute Gasteiger partial charge is 0.468 e. The second-order valence-electron chi connectivity index (χ2n) is 20.9. The largest absolute Gasteiger partial charge is 0.508 e. The molecule has 4 aromatic carbocycles. The first kappa shape index (κ1) is 45.7. The minimum absolute atomic E-state index is 0. The summed E-state index contributed by atoms with van der Waals surface area (Å²) in [6.45, 7) is 28.3. The SMILES string of the molecule is CC(C)(C)B1OB(c2cccc(C(C)(C)C)c2N2[CH-]N(c3[c-]c(Oc4[c-]c5c(cc4)c4ccccc4n5-c4cc(C(C)(C)C)ccn4)cnc3)c3ccccc32)OB(C(C)(C)C)O1.[Pt]. The van der Waals surface area contributed by atoms with Gasteiger partial charge in [0.1, 0.15) is 5.82 Å². The molecule has 0 saturated carbocycles. The summed E-state index contributed by atoms with van der Waals surface area (Å²) in [4.78, 5) is 13.9. The molecule has 1 saturated heterocycles. The molecule has 0 radical (unpaired) electrons. The van der Waals surface area contributed by atoms with Gasteiger partial charge in [0.25, 0.3) is 0 Å². The van der Waals surface area contributed by atoms with Crippen molar-refractivity contribution in [3.63, 3.8) is 0 Å². The summed E-state index contributed by atoms with van der Waals surface area (Å²) in [7, 11) is -1.66. The predicted octanol–water partition coefficient (Wildman–Crippen LogP) is 12.3. The topological polar surface area (TPSA) is 74.1 Å². The van der Waals surface area contributed by atoms with Gasteiger partial charge in [0, 0.05) is 66.8 Å². The zero-order chi connectivity index (χ0) is 44.6. The van der Waals surface area contributed by atoms with Crippen LogP contribution in [0.3, 0.4) is 0 Å². The van der Waals surface area contributed by atoms with Crippen LogP contribution in [0.1, 0.15) is 94.2 Å². The van der Waals surface area contributed by atoms with Gasteiger partial charge in [-0.3, -0.25) is 0 Å². The molecule has 9 rings (SSSR count). The van der Waals surface area contributed by atoms with Crippen LogP contribution in [0.2, 0.25) is 10.6 Å². The van der Waals surface area contributed by atoms with E-state index in [0.717, 1.165) is 61.4 Å². The Morgan fingerprint density at radius 3 is 1.98 bits per heavy atom. The number of nitrogens with zero attached hydrogens (tertiary/aromatic N) is 5. The van der Waals surface area contributed by atoms with Crippen LogP contribution >= 0.6 is 0 Å². The minimum Gasteiger partial charge on any atom is -0.508 e. The summed E-state index contributed by atoms with van der Waals surface area (Å²) < 4.78 is 28.8. The van der Waals surface area contributed by atoms with Crippen molar-refractivity contribution in [3.8, 4) is 17.3 Å². The molecule has 1 fully saturated rings. The van der Waals surface area contributed by atoms with E-state index < -0.39 is 21.4 Å². The van der Waals surface area contributed by atoms with Gasteiger partial charge in [-0.05, 0) is 74.5 Å². The molecule has 5 heterocycles. The molecule has 3 aromatic heterocycles. The van der Waals surface area contributed by atoms with Crippen LogP contribution in [0.25, 0.3) is 27.6 Å². The van der Waals surface area contributed by atoms with Crippen molar-refractivity contribution in [2.45, 2.75) is 105 Å². The van der Waals surface area contributed by atoms with Gasteiger partial charge in [0.2, 0.25) is 0 Å². The van der Waals surface area contributed by atoms with Crippen LogP contribution in [0, 0.1) is 18.8 Å². The number of benzene rings is 4. The molecule has 0 atom stereocenters. The number of anilines is 4. The summed E-state index contributed by atoms with van der Waals surface area (Å²) >= 11 is 0. The average molecular weight is 1030 g/mol. The van der Waals surface area contributed by atoms with Crippen molar-refractivity contribution in [2.75, 3.05) is 9.80 Å². The van der Waals surface area contributed by atoms with Gasteiger partial charge in [0.15, 0.2) is 0 Å². The number of hydrogen-bond donors (Lipinski definition) is 0. The van der Waals surface area contributed by atoms with E-state index in [0.29, 0.717) is 11.5 Å². The number of para-hydroxylation sites is 4. The standard InChI is InChI=1S/C51H55B3N5O4.Pt/c1-48(2,3)34-26-27-56-46(28-34)59-42-21-14-13-18-38(42)39-25-24-36(30-45(39)59)60-37-29-35(31-55-32-37)57-33-58(44-23-16-15-22-43(44)57)47-40(49(4,5)6)19-17-20-41(47)52-61-53(50(7,8)9)63-54(62-52)51(10,11)12;/h13-28,31-33H,1-12H3;/q-3;. The molecule has 0 spiro atoms. The average Bonchev–Trinajstić information content (AvgIpc) is 3.78. The van der Waals surface area contributed by atoms with Gasteiger partial charge < -0.3 is 37.8 Å². The number of hydrogen-bond acceptors (Lipinski definition) is 8. The predicted molar refractivity (Wildman–Crippen MR) is 259 cm³/mol. The molecular formula is C51H55B3N5O4Pt-3. The number of fused-ring (bicyclic) bond motifs is 4. The summed E-state index contributed by atoms with van der Waals surface area (Å²) in [6, 6.07) is 38.6. The third kappa shape index (κ3) is 8.67. The first-order valence-corrected chi connectivity index (χ1v) is 21.9. The van der Waals surface area contributed by atoms with E-state index >= 15 is 0 Å². The molecule has 7 aromatic rings. The molecule has 9 nitrogen and oxygen atoms in total. The zero-order valence-corrected chi connectivity index (χ0v) is 41.2. The molecule has 13 heteroatoms. The summed E-state index contributed by atoms with van der Waals surface area (Å²) in [5.41, 5.74) is 8.62. The fraction of sp³-hybridized carbons (Fsp3) is 0.314.